The maximum atomic E-state index is 12.8. The van der Waals surface area contributed by atoms with Crippen molar-refractivity contribution in [3.8, 4) is 0 Å². The molecule has 6 nitrogen and oxygen atoms in total. The molecule has 0 radical (unpaired) electrons. The van der Waals surface area contributed by atoms with Gasteiger partial charge in [-0.3, -0.25) is 13.9 Å². The number of aromatic nitrogens is 2. The first-order valence-corrected chi connectivity index (χ1v) is 9.03. The Balaban J connectivity index is 1.78. The minimum atomic E-state index is -0.304. The number of benzene rings is 1. The summed E-state index contributed by atoms with van der Waals surface area (Å²) in [7, 11) is 0. The van der Waals surface area contributed by atoms with E-state index in [0.29, 0.717) is 39.2 Å². The van der Waals surface area contributed by atoms with Gasteiger partial charge in [0.15, 0.2) is 0 Å². The van der Waals surface area contributed by atoms with Gasteiger partial charge in [-0.1, -0.05) is 19.1 Å². The fourth-order valence-electron chi connectivity index (χ4n) is 3.52. The molecule has 6 heteroatoms. The molecule has 0 unspecified atom stereocenters. The molecule has 1 amide bonds. The van der Waals surface area contributed by atoms with E-state index in [1.807, 2.05) is 43.0 Å². The summed E-state index contributed by atoms with van der Waals surface area (Å²) in [5, 5.41) is 0. The number of imidazole rings is 1. The Morgan fingerprint density at radius 2 is 1.80 bits per heavy atom. The van der Waals surface area contributed by atoms with E-state index in [4.69, 9.17) is 4.74 Å². The molecule has 0 atom stereocenters. The molecule has 1 aliphatic rings. The van der Waals surface area contributed by atoms with Gasteiger partial charge in [-0.15, -0.1) is 0 Å². The first-order chi connectivity index (χ1) is 11.9. The fourth-order valence-corrected chi connectivity index (χ4v) is 3.52. The van der Waals surface area contributed by atoms with Crippen LogP contribution in [0.5, 0.6) is 0 Å². The van der Waals surface area contributed by atoms with E-state index in [9.17, 15) is 9.59 Å². The molecule has 0 aliphatic carbocycles. The Hall–Kier alpha value is -2.08. The van der Waals surface area contributed by atoms with Gasteiger partial charge >= 0.3 is 5.69 Å². The fraction of sp³-hybridized carbons (Fsp3) is 0.579. The molecule has 1 fully saturated rings. The molecular weight excluding hydrogens is 318 g/mol. The highest BCUT2D eigenvalue weighted by atomic mass is 16.5. The molecule has 0 N–H and O–H groups in total. The van der Waals surface area contributed by atoms with Crippen LogP contribution >= 0.6 is 0 Å². The summed E-state index contributed by atoms with van der Waals surface area (Å²) in [5.41, 5.74) is 1.51. The summed E-state index contributed by atoms with van der Waals surface area (Å²) in [6.45, 7) is 8.93. The second-order valence-corrected chi connectivity index (χ2v) is 7.25. The molecule has 0 spiro atoms. The maximum Gasteiger partial charge on any atom is 0.329 e. The first kappa shape index (κ1) is 17.7. The predicted molar refractivity (Wildman–Crippen MR) is 97.7 cm³/mol. The van der Waals surface area contributed by atoms with Gasteiger partial charge in [0.05, 0.1) is 23.2 Å². The number of ether oxygens (including phenoxy) is 1. The number of para-hydroxylation sites is 2. The van der Waals surface area contributed by atoms with Crippen molar-refractivity contribution in [1.29, 1.82) is 0 Å². The molecule has 136 valence electrons. The summed E-state index contributed by atoms with van der Waals surface area (Å²) >= 11 is 0. The number of hydrogen-bond acceptors (Lipinski definition) is 3. The molecular formula is C19H27N3O3. The van der Waals surface area contributed by atoms with Crippen molar-refractivity contribution < 1.29 is 9.53 Å². The Kier molecular flexibility index (Phi) is 4.99. The van der Waals surface area contributed by atoms with E-state index < -0.39 is 0 Å². The van der Waals surface area contributed by atoms with Gasteiger partial charge in [0, 0.05) is 32.6 Å². The third-order valence-corrected chi connectivity index (χ3v) is 4.70. The van der Waals surface area contributed by atoms with Crippen molar-refractivity contribution in [3.63, 3.8) is 0 Å². The van der Waals surface area contributed by atoms with Crippen LogP contribution in [0, 0.1) is 0 Å². The van der Waals surface area contributed by atoms with E-state index in [1.54, 1.807) is 9.13 Å². The summed E-state index contributed by atoms with van der Waals surface area (Å²) in [4.78, 5) is 27.2. The summed E-state index contributed by atoms with van der Waals surface area (Å²) in [6.07, 6.45) is 1.23. The van der Waals surface area contributed by atoms with Crippen LogP contribution in [0.15, 0.2) is 29.1 Å². The van der Waals surface area contributed by atoms with Gasteiger partial charge in [-0.2, -0.15) is 0 Å². The standard InChI is InChI=1S/C19H27N3O3/c1-4-10-21-15-7-5-6-8-16(15)22(18(21)24)11-9-17(23)20-12-13-25-19(2,3)14-20/h5-8H,4,9-14H2,1-3H3. The van der Waals surface area contributed by atoms with Gasteiger partial charge < -0.3 is 9.64 Å². The number of fused-ring (bicyclic) bond motifs is 1. The third kappa shape index (κ3) is 3.63. The van der Waals surface area contributed by atoms with Crippen LogP contribution in [-0.4, -0.2) is 45.2 Å². The zero-order valence-electron chi connectivity index (χ0n) is 15.3. The predicted octanol–water partition coefficient (Wildman–Crippen LogP) is 2.24. The number of carbonyl (C=O) groups excluding carboxylic acids is 1. The van der Waals surface area contributed by atoms with Crippen LogP contribution in [0.1, 0.15) is 33.6 Å². The lowest BCUT2D eigenvalue weighted by molar-refractivity contribution is -0.146. The van der Waals surface area contributed by atoms with Crippen molar-refractivity contribution in [2.24, 2.45) is 0 Å². The largest absolute Gasteiger partial charge is 0.372 e. The Morgan fingerprint density at radius 1 is 1.16 bits per heavy atom. The van der Waals surface area contributed by atoms with E-state index in [1.165, 1.54) is 0 Å². The minimum Gasteiger partial charge on any atom is -0.372 e. The average Bonchev–Trinajstić information content (AvgIpc) is 2.84. The van der Waals surface area contributed by atoms with Gasteiger partial charge in [0.1, 0.15) is 0 Å². The highest BCUT2D eigenvalue weighted by molar-refractivity contribution is 5.78. The van der Waals surface area contributed by atoms with Crippen LogP contribution < -0.4 is 5.69 Å². The third-order valence-electron chi connectivity index (χ3n) is 4.70. The molecule has 25 heavy (non-hydrogen) atoms. The van der Waals surface area contributed by atoms with Crippen molar-refractivity contribution in [2.45, 2.75) is 52.3 Å². The molecule has 3 rings (SSSR count). The maximum absolute atomic E-state index is 12.8. The normalized spacial score (nSPS) is 17.2. The highest BCUT2D eigenvalue weighted by Crippen LogP contribution is 2.18. The topological polar surface area (TPSA) is 56.5 Å². The quantitative estimate of drug-likeness (QED) is 0.835. The number of morpholine rings is 1. The van der Waals surface area contributed by atoms with Gasteiger partial charge in [0.2, 0.25) is 5.91 Å². The molecule has 1 saturated heterocycles. The number of rotatable bonds is 5. The molecule has 1 aromatic carbocycles. The van der Waals surface area contributed by atoms with Crippen molar-refractivity contribution in [3.05, 3.63) is 34.7 Å². The lowest BCUT2D eigenvalue weighted by Crippen LogP contribution is -2.50. The van der Waals surface area contributed by atoms with Gasteiger partial charge in [-0.05, 0) is 32.4 Å². The van der Waals surface area contributed by atoms with Gasteiger partial charge in [0.25, 0.3) is 0 Å². The summed E-state index contributed by atoms with van der Waals surface area (Å²) < 4.78 is 9.20. The van der Waals surface area contributed by atoms with Crippen molar-refractivity contribution >= 4 is 16.9 Å². The molecule has 0 bridgehead atoms. The average molecular weight is 345 g/mol. The van der Waals surface area contributed by atoms with Crippen LogP contribution in [0.25, 0.3) is 11.0 Å². The number of nitrogens with zero attached hydrogens (tertiary/aromatic N) is 3. The first-order valence-electron chi connectivity index (χ1n) is 9.03. The number of amides is 1. The zero-order valence-corrected chi connectivity index (χ0v) is 15.3. The van der Waals surface area contributed by atoms with Crippen molar-refractivity contribution in [2.75, 3.05) is 19.7 Å². The van der Waals surface area contributed by atoms with E-state index in [0.717, 1.165) is 17.5 Å². The van der Waals surface area contributed by atoms with Crippen LogP contribution in [0.4, 0.5) is 0 Å². The van der Waals surface area contributed by atoms with Crippen LogP contribution in [0.3, 0.4) is 0 Å². The van der Waals surface area contributed by atoms with E-state index >= 15 is 0 Å². The monoisotopic (exact) mass is 345 g/mol. The zero-order chi connectivity index (χ0) is 18.0. The Labute approximate surface area is 148 Å². The molecule has 2 heterocycles. The smallest absolute Gasteiger partial charge is 0.329 e. The number of aryl methyl sites for hydroxylation is 2. The lowest BCUT2D eigenvalue weighted by atomic mass is 10.1. The van der Waals surface area contributed by atoms with Crippen LogP contribution in [0.2, 0.25) is 0 Å². The Morgan fingerprint density at radius 3 is 2.40 bits per heavy atom. The van der Waals surface area contributed by atoms with E-state index in [2.05, 4.69) is 6.92 Å². The number of hydrogen-bond donors (Lipinski definition) is 0. The lowest BCUT2D eigenvalue weighted by Gasteiger charge is -2.38. The second-order valence-electron chi connectivity index (χ2n) is 7.25. The molecule has 1 aromatic heterocycles. The van der Waals surface area contributed by atoms with E-state index in [-0.39, 0.29) is 17.2 Å². The summed E-state index contributed by atoms with van der Waals surface area (Å²) in [5.74, 6) is 0.0793. The summed E-state index contributed by atoms with van der Waals surface area (Å²) in [6, 6.07) is 7.79. The molecule has 1 aliphatic heterocycles. The van der Waals surface area contributed by atoms with Crippen LogP contribution in [-0.2, 0) is 22.6 Å². The Bertz CT molecular complexity index is 819. The SMILES string of the molecule is CCCn1c(=O)n(CCC(=O)N2CCOC(C)(C)C2)c2ccccc21. The number of carbonyl (C=O) groups is 1. The van der Waals surface area contributed by atoms with Gasteiger partial charge in [-0.25, -0.2) is 4.79 Å². The molecule has 0 saturated carbocycles. The molecule has 2 aromatic rings. The van der Waals surface area contributed by atoms with Crippen molar-refractivity contribution in [1.82, 2.24) is 14.0 Å². The highest BCUT2D eigenvalue weighted by Gasteiger charge is 2.29. The second kappa shape index (κ2) is 7.04. The minimum absolute atomic E-state index is 0.0295.